The van der Waals surface area contributed by atoms with E-state index in [1.165, 1.54) is 0 Å². The van der Waals surface area contributed by atoms with E-state index in [1.54, 1.807) is 0 Å². The largest absolute Gasteiger partial charge is 0.327 e. The average molecular weight is 244 g/mol. The first-order valence-electron chi connectivity index (χ1n) is 5.97. The molecule has 1 heterocycles. The molecule has 0 aromatic carbocycles. The van der Waals surface area contributed by atoms with E-state index in [0.29, 0.717) is 5.92 Å². The minimum atomic E-state index is 0.232. The van der Waals surface area contributed by atoms with Crippen LogP contribution in [0.15, 0.2) is 0 Å². The van der Waals surface area contributed by atoms with Crippen LogP contribution in [0.3, 0.4) is 0 Å². The molecule has 0 spiro atoms. The predicted octanol–water partition coefficient (Wildman–Crippen LogP) is 2.55. The molecule has 16 heavy (non-hydrogen) atoms. The van der Waals surface area contributed by atoms with Crippen molar-refractivity contribution in [3.05, 3.63) is 16.4 Å². The number of aryl methyl sites for hydroxylation is 2. The summed E-state index contributed by atoms with van der Waals surface area (Å²) in [7, 11) is 1.95. The van der Waals surface area contributed by atoms with Crippen molar-refractivity contribution in [3.8, 4) is 0 Å². The molecular formula is C12H22ClN3. The number of hydrogen-bond donors (Lipinski definition) is 1. The summed E-state index contributed by atoms with van der Waals surface area (Å²) >= 11 is 6.30. The van der Waals surface area contributed by atoms with Gasteiger partial charge in [0.2, 0.25) is 0 Å². The van der Waals surface area contributed by atoms with Gasteiger partial charge < -0.3 is 5.73 Å². The number of hydrogen-bond acceptors (Lipinski definition) is 2. The van der Waals surface area contributed by atoms with Gasteiger partial charge in [0.25, 0.3) is 0 Å². The molecule has 0 amide bonds. The van der Waals surface area contributed by atoms with Crippen LogP contribution < -0.4 is 5.73 Å². The molecule has 2 atom stereocenters. The quantitative estimate of drug-likeness (QED) is 0.864. The van der Waals surface area contributed by atoms with E-state index in [9.17, 15) is 0 Å². The van der Waals surface area contributed by atoms with Crippen LogP contribution in [0.5, 0.6) is 0 Å². The highest BCUT2D eigenvalue weighted by Crippen LogP contribution is 2.24. The second-order valence-electron chi connectivity index (χ2n) is 4.44. The SMILES string of the molecule is CCc1nn(C)c(CC(C)C(N)CC)c1Cl. The van der Waals surface area contributed by atoms with Crippen LogP contribution in [0, 0.1) is 5.92 Å². The zero-order valence-electron chi connectivity index (χ0n) is 10.6. The Morgan fingerprint density at radius 3 is 2.50 bits per heavy atom. The molecular weight excluding hydrogens is 222 g/mol. The number of rotatable bonds is 5. The Morgan fingerprint density at radius 1 is 1.44 bits per heavy atom. The lowest BCUT2D eigenvalue weighted by Crippen LogP contribution is -2.29. The Bertz CT molecular complexity index is 346. The van der Waals surface area contributed by atoms with Crippen molar-refractivity contribution in [2.24, 2.45) is 18.7 Å². The van der Waals surface area contributed by atoms with E-state index in [1.807, 2.05) is 11.7 Å². The fourth-order valence-electron chi connectivity index (χ4n) is 1.90. The van der Waals surface area contributed by atoms with Crippen LogP contribution in [-0.4, -0.2) is 15.8 Å². The van der Waals surface area contributed by atoms with Crippen molar-refractivity contribution >= 4 is 11.6 Å². The van der Waals surface area contributed by atoms with E-state index >= 15 is 0 Å². The van der Waals surface area contributed by atoms with Gasteiger partial charge in [-0.25, -0.2) is 0 Å². The van der Waals surface area contributed by atoms with Crippen molar-refractivity contribution in [2.45, 2.75) is 46.1 Å². The Kier molecular flexibility index (Phi) is 4.81. The lowest BCUT2D eigenvalue weighted by atomic mass is 9.95. The Hall–Kier alpha value is -0.540. The number of halogens is 1. The molecule has 0 bridgehead atoms. The molecule has 3 nitrogen and oxygen atoms in total. The van der Waals surface area contributed by atoms with Crippen LogP contribution in [0.4, 0.5) is 0 Å². The Balaban J connectivity index is 2.84. The fraction of sp³-hybridized carbons (Fsp3) is 0.750. The van der Waals surface area contributed by atoms with Crippen molar-refractivity contribution < 1.29 is 0 Å². The number of aromatic nitrogens is 2. The molecule has 92 valence electrons. The van der Waals surface area contributed by atoms with Gasteiger partial charge in [-0.15, -0.1) is 0 Å². The summed E-state index contributed by atoms with van der Waals surface area (Å²) in [6, 6.07) is 0.232. The minimum absolute atomic E-state index is 0.232. The third kappa shape index (κ3) is 2.77. The third-order valence-electron chi connectivity index (χ3n) is 3.22. The molecule has 0 radical (unpaired) electrons. The highest BCUT2D eigenvalue weighted by molar-refractivity contribution is 6.31. The maximum atomic E-state index is 6.30. The van der Waals surface area contributed by atoms with Gasteiger partial charge in [0.1, 0.15) is 0 Å². The van der Waals surface area contributed by atoms with Gasteiger partial charge in [-0.3, -0.25) is 4.68 Å². The van der Waals surface area contributed by atoms with E-state index in [0.717, 1.165) is 35.7 Å². The van der Waals surface area contributed by atoms with Crippen LogP contribution >= 0.6 is 11.6 Å². The molecule has 2 unspecified atom stereocenters. The second kappa shape index (κ2) is 5.69. The zero-order valence-corrected chi connectivity index (χ0v) is 11.4. The molecule has 1 rings (SSSR count). The standard InChI is InChI=1S/C12H22ClN3/c1-5-9(14)8(3)7-11-12(13)10(6-2)15-16(11)4/h8-9H,5-7,14H2,1-4H3. The van der Waals surface area contributed by atoms with Gasteiger partial charge >= 0.3 is 0 Å². The van der Waals surface area contributed by atoms with Gasteiger partial charge in [0, 0.05) is 13.1 Å². The molecule has 2 N–H and O–H groups in total. The second-order valence-corrected chi connectivity index (χ2v) is 4.82. The molecule has 0 aliphatic carbocycles. The Labute approximate surface area is 103 Å². The fourth-order valence-corrected chi connectivity index (χ4v) is 2.27. The summed E-state index contributed by atoms with van der Waals surface area (Å²) in [5.74, 6) is 0.433. The first-order valence-corrected chi connectivity index (χ1v) is 6.34. The molecule has 0 saturated carbocycles. The topological polar surface area (TPSA) is 43.8 Å². The van der Waals surface area contributed by atoms with Crippen molar-refractivity contribution in [1.29, 1.82) is 0 Å². The van der Waals surface area contributed by atoms with Crippen molar-refractivity contribution in [2.75, 3.05) is 0 Å². The van der Waals surface area contributed by atoms with E-state index < -0.39 is 0 Å². The molecule has 4 heteroatoms. The summed E-state index contributed by atoms with van der Waals surface area (Å²) in [4.78, 5) is 0. The van der Waals surface area contributed by atoms with Gasteiger partial charge in [-0.1, -0.05) is 32.4 Å². The zero-order chi connectivity index (χ0) is 12.3. The molecule has 0 aliphatic heterocycles. The van der Waals surface area contributed by atoms with Crippen LogP contribution in [0.2, 0.25) is 5.02 Å². The predicted molar refractivity (Wildman–Crippen MR) is 68.7 cm³/mol. The van der Waals surface area contributed by atoms with Gasteiger partial charge in [-0.05, 0) is 25.2 Å². The molecule has 0 aliphatic rings. The van der Waals surface area contributed by atoms with E-state index in [4.69, 9.17) is 17.3 Å². The van der Waals surface area contributed by atoms with Gasteiger partial charge in [0.15, 0.2) is 0 Å². The lowest BCUT2D eigenvalue weighted by molar-refractivity contribution is 0.431. The van der Waals surface area contributed by atoms with E-state index in [-0.39, 0.29) is 6.04 Å². The van der Waals surface area contributed by atoms with Crippen LogP contribution in [-0.2, 0) is 19.9 Å². The summed E-state index contributed by atoms with van der Waals surface area (Å²) in [5, 5.41) is 5.23. The highest BCUT2D eigenvalue weighted by atomic mass is 35.5. The monoisotopic (exact) mass is 243 g/mol. The average Bonchev–Trinajstić information content (AvgIpc) is 2.55. The number of nitrogens with two attached hydrogens (primary N) is 1. The molecule has 0 saturated heterocycles. The first kappa shape index (κ1) is 13.5. The number of nitrogens with zero attached hydrogens (tertiary/aromatic N) is 2. The Morgan fingerprint density at radius 2 is 2.06 bits per heavy atom. The van der Waals surface area contributed by atoms with Crippen molar-refractivity contribution in [1.82, 2.24) is 9.78 Å². The summed E-state index contributed by atoms with van der Waals surface area (Å²) in [6.45, 7) is 6.35. The maximum Gasteiger partial charge on any atom is 0.0849 e. The molecule has 1 aromatic rings. The van der Waals surface area contributed by atoms with E-state index in [2.05, 4.69) is 25.9 Å². The maximum absolute atomic E-state index is 6.30. The lowest BCUT2D eigenvalue weighted by Gasteiger charge is -2.18. The van der Waals surface area contributed by atoms with Gasteiger partial charge in [0.05, 0.1) is 16.4 Å². The van der Waals surface area contributed by atoms with Gasteiger partial charge in [-0.2, -0.15) is 5.10 Å². The first-order chi connectivity index (χ1) is 7.51. The smallest absolute Gasteiger partial charge is 0.0849 e. The summed E-state index contributed by atoms with van der Waals surface area (Å²) in [6.07, 6.45) is 2.77. The molecule has 0 fully saturated rings. The minimum Gasteiger partial charge on any atom is -0.327 e. The summed E-state index contributed by atoms with van der Waals surface area (Å²) in [5.41, 5.74) is 8.12. The highest BCUT2D eigenvalue weighted by Gasteiger charge is 2.18. The third-order valence-corrected chi connectivity index (χ3v) is 3.66. The normalized spacial score (nSPS) is 15.1. The summed E-state index contributed by atoms with van der Waals surface area (Å²) < 4.78 is 1.89. The van der Waals surface area contributed by atoms with Crippen molar-refractivity contribution in [3.63, 3.8) is 0 Å². The van der Waals surface area contributed by atoms with Crippen LogP contribution in [0.1, 0.15) is 38.6 Å². The molecule has 1 aromatic heterocycles. The van der Waals surface area contributed by atoms with Crippen LogP contribution in [0.25, 0.3) is 0 Å².